The maximum atomic E-state index is 12.9. The number of benzene rings is 2. The highest BCUT2D eigenvalue weighted by molar-refractivity contribution is 7.99. The second kappa shape index (κ2) is 7.99. The molecule has 0 fully saturated rings. The number of rotatable bonds is 6. The van der Waals surface area contributed by atoms with Gasteiger partial charge in [0.1, 0.15) is 5.82 Å². The summed E-state index contributed by atoms with van der Waals surface area (Å²) in [5.74, 6) is 0.963. The molecule has 2 aromatic carbocycles. The molecule has 0 aliphatic heterocycles. The van der Waals surface area contributed by atoms with Crippen molar-refractivity contribution in [2.75, 3.05) is 5.75 Å². The van der Waals surface area contributed by atoms with Crippen molar-refractivity contribution >= 4 is 17.7 Å². The molecule has 2 rings (SSSR count). The first-order chi connectivity index (χ1) is 10.5. The average Bonchev–Trinajstić information content (AvgIpc) is 2.48. The van der Waals surface area contributed by atoms with E-state index in [4.69, 9.17) is 0 Å². The van der Waals surface area contributed by atoms with Crippen LogP contribution < -0.4 is 5.32 Å². The number of hydrogen-bond acceptors (Lipinski definition) is 2. The lowest BCUT2D eigenvalue weighted by Crippen LogP contribution is -2.28. The SMILES string of the molecule is Cc1cccc(CSCC(=O)N[C@H](C)c2ccc(F)cc2)c1. The van der Waals surface area contributed by atoms with Crippen LogP contribution in [0.1, 0.15) is 29.7 Å². The van der Waals surface area contributed by atoms with Gasteiger partial charge in [-0.3, -0.25) is 4.79 Å². The standard InChI is InChI=1S/C18H20FNOS/c1-13-4-3-5-15(10-13)11-22-12-18(21)20-14(2)16-6-8-17(19)9-7-16/h3-10,14H,11-12H2,1-2H3,(H,20,21)/t14-/m1/s1. The Morgan fingerprint density at radius 3 is 2.64 bits per heavy atom. The van der Waals surface area contributed by atoms with E-state index in [1.165, 1.54) is 23.3 Å². The van der Waals surface area contributed by atoms with E-state index in [1.54, 1.807) is 23.9 Å². The normalized spacial score (nSPS) is 12.0. The Balaban J connectivity index is 1.76. The molecule has 0 spiro atoms. The molecule has 4 heteroatoms. The molecular formula is C18H20FNOS. The fourth-order valence-electron chi connectivity index (χ4n) is 2.18. The van der Waals surface area contributed by atoms with Crippen LogP contribution in [0.25, 0.3) is 0 Å². The Kier molecular flexibility index (Phi) is 6.01. The summed E-state index contributed by atoms with van der Waals surface area (Å²) < 4.78 is 12.9. The number of hydrogen-bond donors (Lipinski definition) is 1. The molecule has 0 aromatic heterocycles. The molecule has 116 valence electrons. The van der Waals surface area contributed by atoms with E-state index < -0.39 is 0 Å². The van der Waals surface area contributed by atoms with E-state index in [0.29, 0.717) is 5.75 Å². The largest absolute Gasteiger partial charge is 0.349 e. The molecule has 0 saturated heterocycles. The van der Waals surface area contributed by atoms with Crippen molar-refractivity contribution in [1.29, 1.82) is 0 Å². The molecule has 0 aliphatic rings. The minimum absolute atomic E-state index is 0.00511. The highest BCUT2D eigenvalue weighted by atomic mass is 32.2. The molecule has 1 N–H and O–H groups in total. The van der Waals surface area contributed by atoms with E-state index in [0.717, 1.165) is 11.3 Å². The van der Waals surface area contributed by atoms with E-state index in [2.05, 4.69) is 30.4 Å². The third-order valence-corrected chi connectivity index (χ3v) is 4.34. The number of carbonyl (C=O) groups is 1. The van der Waals surface area contributed by atoms with Crippen molar-refractivity contribution in [3.63, 3.8) is 0 Å². The predicted molar refractivity (Wildman–Crippen MR) is 90.3 cm³/mol. The van der Waals surface area contributed by atoms with Crippen LogP contribution in [0.15, 0.2) is 48.5 Å². The molecule has 2 aromatic rings. The lowest BCUT2D eigenvalue weighted by molar-refractivity contribution is -0.119. The number of aryl methyl sites for hydroxylation is 1. The lowest BCUT2D eigenvalue weighted by Gasteiger charge is -2.14. The minimum Gasteiger partial charge on any atom is -0.349 e. The van der Waals surface area contributed by atoms with Gasteiger partial charge in [0, 0.05) is 5.75 Å². The highest BCUT2D eigenvalue weighted by Crippen LogP contribution is 2.15. The third kappa shape index (κ3) is 5.19. The first-order valence-corrected chi connectivity index (χ1v) is 8.38. The number of halogens is 1. The number of carbonyl (C=O) groups excluding carboxylic acids is 1. The zero-order chi connectivity index (χ0) is 15.9. The Hall–Kier alpha value is -1.81. The van der Waals surface area contributed by atoms with Crippen LogP contribution >= 0.6 is 11.8 Å². The second-order valence-electron chi connectivity index (χ2n) is 5.32. The van der Waals surface area contributed by atoms with E-state index >= 15 is 0 Å². The fourth-order valence-corrected chi connectivity index (χ4v) is 2.97. The van der Waals surface area contributed by atoms with Gasteiger partial charge in [0.05, 0.1) is 11.8 Å². The van der Waals surface area contributed by atoms with Gasteiger partial charge in [-0.1, -0.05) is 42.0 Å². The highest BCUT2D eigenvalue weighted by Gasteiger charge is 2.09. The van der Waals surface area contributed by atoms with Gasteiger partial charge in [-0.05, 0) is 37.1 Å². The zero-order valence-corrected chi connectivity index (χ0v) is 13.6. The summed E-state index contributed by atoms with van der Waals surface area (Å²) in [6.45, 7) is 3.96. The van der Waals surface area contributed by atoms with E-state index in [-0.39, 0.29) is 17.8 Å². The van der Waals surface area contributed by atoms with Gasteiger partial charge in [-0.2, -0.15) is 0 Å². The van der Waals surface area contributed by atoms with Crippen LogP contribution in [-0.2, 0) is 10.5 Å². The molecule has 2 nitrogen and oxygen atoms in total. The van der Waals surface area contributed by atoms with Gasteiger partial charge in [0.2, 0.25) is 5.91 Å². The summed E-state index contributed by atoms with van der Waals surface area (Å²) in [7, 11) is 0. The second-order valence-corrected chi connectivity index (χ2v) is 6.31. The lowest BCUT2D eigenvalue weighted by atomic mass is 10.1. The van der Waals surface area contributed by atoms with Crippen molar-refractivity contribution in [2.24, 2.45) is 0 Å². The maximum Gasteiger partial charge on any atom is 0.230 e. The van der Waals surface area contributed by atoms with Crippen molar-refractivity contribution in [3.05, 3.63) is 71.0 Å². The van der Waals surface area contributed by atoms with E-state index in [9.17, 15) is 9.18 Å². The smallest absolute Gasteiger partial charge is 0.230 e. The van der Waals surface area contributed by atoms with Crippen LogP contribution in [0.4, 0.5) is 4.39 Å². The molecular weight excluding hydrogens is 297 g/mol. The molecule has 0 radical (unpaired) electrons. The first-order valence-electron chi connectivity index (χ1n) is 7.22. The van der Waals surface area contributed by atoms with Crippen LogP contribution in [0.3, 0.4) is 0 Å². The average molecular weight is 317 g/mol. The van der Waals surface area contributed by atoms with Crippen molar-refractivity contribution in [3.8, 4) is 0 Å². The zero-order valence-electron chi connectivity index (χ0n) is 12.8. The van der Waals surface area contributed by atoms with Gasteiger partial charge in [-0.25, -0.2) is 4.39 Å². The summed E-state index contributed by atoms with van der Waals surface area (Å²) in [4.78, 5) is 11.9. The Morgan fingerprint density at radius 2 is 1.95 bits per heavy atom. The number of thioether (sulfide) groups is 1. The maximum absolute atomic E-state index is 12.9. The predicted octanol–water partition coefficient (Wildman–Crippen LogP) is 4.24. The summed E-state index contributed by atoms with van der Waals surface area (Å²) in [6, 6.07) is 14.4. The molecule has 1 amide bonds. The van der Waals surface area contributed by atoms with E-state index in [1.807, 2.05) is 13.0 Å². The molecule has 1 atom stereocenters. The molecule has 0 saturated carbocycles. The monoisotopic (exact) mass is 317 g/mol. The number of amides is 1. The molecule has 0 aliphatic carbocycles. The minimum atomic E-state index is -0.268. The third-order valence-electron chi connectivity index (χ3n) is 3.33. The molecule has 0 unspecified atom stereocenters. The van der Waals surface area contributed by atoms with Gasteiger partial charge in [-0.15, -0.1) is 11.8 Å². The Bertz CT molecular complexity index is 627. The fraction of sp³-hybridized carbons (Fsp3) is 0.278. The van der Waals surface area contributed by atoms with Crippen LogP contribution in [-0.4, -0.2) is 11.7 Å². The first kappa shape index (κ1) is 16.6. The molecule has 22 heavy (non-hydrogen) atoms. The number of nitrogens with one attached hydrogen (secondary N) is 1. The van der Waals surface area contributed by atoms with Gasteiger partial charge >= 0.3 is 0 Å². The van der Waals surface area contributed by atoms with Gasteiger partial charge in [0.25, 0.3) is 0 Å². The Morgan fingerprint density at radius 1 is 1.23 bits per heavy atom. The van der Waals surface area contributed by atoms with Crippen molar-refractivity contribution < 1.29 is 9.18 Å². The Labute approximate surface area is 135 Å². The topological polar surface area (TPSA) is 29.1 Å². The molecule has 0 heterocycles. The van der Waals surface area contributed by atoms with Crippen molar-refractivity contribution in [2.45, 2.75) is 25.6 Å². The van der Waals surface area contributed by atoms with Crippen LogP contribution in [0.5, 0.6) is 0 Å². The summed E-state index contributed by atoms with van der Waals surface area (Å²) in [5, 5.41) is 2.93. The van der Waals surface area contributed by atoms with Crippen molar-refractivity contribution in [1.82, 2.24) is 5.32 Å². The summed E-state index contributed by atoms with van der Waals surface area (Å²) in [6.07, 6.45) is 0. The molecule has 0 bridgehead atoms. The quantitative estimate of drug-likeness (QED) is 0.863. The summed E-state index contributed by atoms with van der Waals surface area (Å²) in [5.41, 5.74) is 3.36. The van der Waals surface area contributed by atoms with Crippen LogP contribution in [0.2, 0.25) is 0 Å². The van der Waals surface area contributed by atoms with Crippen LogP contribution in [0, 0.1) is 12.7 Å². The van der Waals surface area contributed by atoms with Gasteiger partial charge < -0.3 is 5.32 Å². The summed E-state index contributed by atoms with van der Waals surface area (Å²) >= 11 is 1.59. The van der Waals surface area contributed by atoms with Gasteiger partial charge in [0.15, 0.2) is 0 Å².